The molecule has 21 heavy (non-hydrogen) atoms. The first-order valence-electron chi connectivity index (χ1n) is 6.71. The summed E-state index contributed by atoms with van der Waals surface area (Å²) in [7, 11) is 1.60. The molecule has 0 saturated carbocycles. The summed E-state index contributed by atoms with van der Waals surface area (Å²) in [5.41, 5.74) is 0.784. The quantitative estimate of drug-likeness (QED) is 0.648. The van der Waals surface area contributed by atoms with Crippen LogP contribution in [-0.2, 0) is 6.18 Å². The lowest BCUT2D eigenvalue weighted by atomic mass is 10.1. The highest BCUT2D eigenvalue weighted by atomic mass is 19.4. The van der Waals surface area contributed by atoms with Crippen LogP contribution in [0.3, 0.4) is 0 Å². The Morgan fingerprint density at radius 1 is 1.33 bits per heavy atom. The standard InChI is InChI=1S/C14H20F3N3O/c1-4-10(5-2)20(3)13(21)9-6-7-12(19-18)11(8-9)14(15,16)17/h6-8,10,19H,4-5,18H2,1-3H3. The van der Waals surface area contributed by atoms with Crippen LogP contribution in [0.4, 0.5) is 18.9 Å². The molecule has 0 fully saturated rings. The number of hydrogen-bond acceptors (Lipinski definition) is 3. The second-order valence-electron chi connectivity index (χ2n) is 4.79. The maximum Gasteiger partial charge on any atom is 0.418 e. The van der Waals surface area contributed by atoms with Gasteiger partial charge in [0.1, 0.15) is 0 Å². The third-order valence-corrected chi connectivity index (χ3v) is 3.54. The van der Waals surface area contributed by atoms with Gasteiger partial charge < -0.3 is 10.3 Å². The van der Waals surface area contributed by atoms with Crippen molar-refractivity contribution in [2.45, 2.75) is 38.9 Å². The smallest absolute Gasteiger partial charge is 0.339 e. The van der Waals surface area contributed by atoms with Crippen molar-refractivity contribution in [3.05, 3.63) is 29.3 Å². The van der Waals surface area contributed by atoms with Gasteiger partial charge in [0.25, 0.3) is 5.91 Å². The number of nitrogens with one attached hydrogen (secondary N) is 1. The molecule has 0 saturated heterocycles. The van der Waals surface area contributed by atoms with Gasteiger partial charge in [-0.15, -0.1) is 0 Å². The zero-order valence-corrected chi connectivity index (χ0v) is 12.3. The first-order valence-corrected chi connectivity index (χ1v) is 6.71. The fraction of sp³-hybridized carbons (Fsp3) is 0.500. The van der Waals surface area contributed by atoms with Gasteiger partial charge >= 0.3 is 6.18 Å². The molecule has 4 nitrogen and oxygen atoms in total. The minimum Gasteiger partial charge on any atom is -0.339 e. The summed E-state index contributed by atoms with van der Waals surface area (Å²) in [6.45, 7) is 3.86. The van der Waals surface area contributed by atoms with Gasteiger partial charge in [-0.2, -0.15) is 13.2 Å². The van der Waals surface area contributed by atoms with Crippen molar-refractivity contribution in [1.82, 2.24) is 4.90 Å². The number of hydrazine groups is 1. The molecule has 0 atom stereocenters. The van der Waals surface area contributed by atoms with Gasteiger partial charge in [-0.1, -0.05) is 13.8 Å². The van der Waals surface area contributed by atoms with Crippen molar-refractivity contribution in [3.8, 4) is 0 Å². The number of halogens is 3. The lowest BCUT2D eigenvalue weighted by Gasteiger charge is -2.26. The molecule has 0 aliphatic heterocycles. The Bertz CT molecular complexity index is 499. The molecule has 0 unspecified atom stereocenters. The van der Waals surface area contributed by atoms with E-state index in [0.717, 1.165) is 25.0 Å². The van der Waals surface area contributed by atoms with Gasteiger partial charge in [0, 0.05) is 18.7 Å². The molecule has 0 radical (unpaired) electrons. The molecule has 0 bridgehead atoms. The number of benzene rings is 1. The summed E-state index contributed by atoms with van der Waals surface area (Å²) >= 11 is 0. The normalized spacial score (nSPS) is 11.6. The van der Waals surface area contributed by atoms with Crippen LogP contribution < -0.4 is 11.3 Å². The Balaban J connectivity index is 3.17. The topological polar surface area (TPSA) is 58.4 Å². The predicted octanol–water partition coefficient (Wildman–Crippen LogP) is 3.25. The van der Waals surface area contributed by atoms with Crippen LogP contribution in [0.2, 0.25) is 0 Å². The average Bonchev–Trinajstić information content (AvgIpc) is 2.46. The maximum atomic E-state index is 13.0. The summed E-state index contributed by atoms with van der Waals surface area (Å²) in [4.78, 5) is 13.8. The minimum atomic E-state index is -4.58. The highest BCUT2D eigenvalue weighted by Gasteiger charge is 2.34. The molecule has 1 aromatic rings. The van der Waals surface area contributed by atoms with Crippen LogP contribution >= 0.6 is 0 Å². The second kappa shape index (κ2) is 6.80. The summed E-state index contributed by atoms with van der Waals surface area (Å²) in [6.07, 6.45) is -3.09. The molecule has 0 aromatic heterocycles. The number of nitrogens with two attached hydrogens (primary N) is 1. The number of nitrogens with zero attached hydrogens (tertiary/aromatic N) is 1. The van der Waals surface area contributed by atoms with E-state index in [1.807, 2.05) is 19.3 Å². The number of alkyl halides is 3. The number of amides is 1. The summed E-state index contributed by atoms with van der Waals surface area (Å²) in [6, 6.07) is 3.33. The predicted molar refractivity (Wildman–Crippen MR) is 75.7 cm³/mol. The zero-order chi connectivity index (χ0) is 16.2. The Morgan fingerprint density at radius 3 is 2.33 bits per heavy atom. The van der Waals surface area contributed by atoms with Crippen LogP contribution in [0.25, 0.3) is 0 Å². The number of carbonyl (C=O) groups is 1. The molecule has 1 rings (SSSR count). The fourth-order valence-corrected chi connectivity index (χ4v) is 2.24. The number of nitrogen functional groups attached to an aromatic ring is 1. The SMILES string of the molecule is CCC(CC)N(C)C(=O)c1ccc(NN)c(C(F)(F)F)c1. The number of rotatable bonds is 5. The zero-order valence-electron chi connectivity index (χ0n) is 12.3. The van der Waals surface area contributed by atoms with Crippen LogP contribution in [0.5, 0.6) is 0 Å². The minimum absolute atomic E-state index is 0.000790. The molecule has 0 spiro atoms. The first kappa shape index (κ1) is 17.3. The molecule has 1 amide bonds. The van der Waals surface area contributed by atoms with Gasteiger partial charge in [-0.3, -0.25) is 10.6 Å². The molecule has 0 heterocycles. The van der Waals surface area contributed by atoms with Crippen molar-refractivity contribution < 1.29 is 18.0 Å². The first-order chi connectivity index (χ1) is 9.76. The Labute approximate surface area is 122 Å². The van der Waals surface area contributed by atoms with E-state index < -0.39 is 17.6 Å². The van der Waals surface area contributed by atoms with Crippen LogP contribution in [-0.4, -0.2) is 23.9 Å². The Hall–Kier alpha value is -1.76. The second-order valence-corrected chi connectivity index (χ2v) is 4.79. The molecule has 0 aliphatic carbocycles. The Morgan fingerprint density at radius 2 is 1.90 bits per heavy atom. The largest absolute Gasteiger partial charge is 0.418 e. The summed E-state index contributed by atoms with van der Waals surface area (Å²) in [5.74, 6) is 4.65. The van der Waals surface area contributed by atoms with E-state index in [1.165, 1.54) is 11.0 Å². The average molecular weight is 303 g/mol. The Kier molecular flexibility index (Phi) is 5.60. The number of carbonyl (C=O) groups excluding carboxylic acids is 1. The highest BCUT2D eigenvalue weighted by molar-refractivity contribution is 5.95. The number of hydrogen-bond donors (Lipinski definition) is 2. The van der Waals surface area contributed by atoms with Gasteiger partial charge in [0.2, 0.25) is 0 Å². The van der Waals surface area contributed by atoms with E-state index in [2.05, 4.69) is 0 Å². The monoisotopic (exact) mass is 303 g/mol. The van der Waals surface area contributed by atoms with Crippen molar-refractivity contribution >= 4 is 11.6 Å². The van der Waals surface area contributed by atoms with E-state index in [9.17, 15) is 18.0 Å². The van der Waals surface area contributed by atoms with Crippen LogP contribution in [0.15, 0.2) is 18.2 Å². The van der Waals surface area contributed by atoms with E-state index in [4.69, 9.17) is 5.84 Å². The third-order valence-electron chi connectivity index (χ3n) is 3.54. The third kappa shape index (κ3) is 3.87. The summed E-state index contributed by atoms with van der Waals surface area (Å²) in [5, 5.41) is 0. The van der Waals surface area contributed by atoms with Crippen molar-refractivity contribution in [3.63, 3.8) is 0 Å². The van der Waals surface area contributed by atoms with Crippen molar-refractivity contribution in [2.75, 3.05) is 12.5 Å². The van der Waals surface area contributed by atoms with Gasteiger partial charge in [-0.25, -0.2) is 0 Å². The van der Waals surface area contributed by atoms with E-state index >= 15 is 0 Å². The molecular weight excluding hydrogens is 283 g/mol. The van der Waals surface area contributed by atoms with E-state index in [0.29, 0.717) is 0 Å². The lowest BCUT2D eigenvalue weighted by Crippen LogP contribution is -2.36. The number of anilines is 1. The van der Waals surface area contributed by atoms with Crippen LogP contribution in [0, 0.1) is 0 Å². The van der Waals surface area contributed by atoms with Gasteiger partial charge in [0.15, 0.2) is 0 Å². The highest BCUT2D eigenvalue weighted by Crippen LogP contribution is 2.35. The van der Waals surface area contributed by atoms with Crippen molar-refractivity contribution in [1.29, 1.82) is 0 Å². The molecule has 3 N–H and O–H groups in total. The fourth-order valence-electron chi connectivity index (χ4n) is 2.24. The van der Waals surface area contributed by atoms with Gasteiger partial charge in [0.05, 0.1) is 11.3 Å². The molecule has 1 aromatic carbocycles. The van der Waals surface area contributed by atoms with Crippen molar-refractivity contribution in [2.24, 2.45) is 5.84 Å². The van der Waals surface area contributed by atoms with Gasteiger partial charge in [-0.05, 0) is 31.0 Å². The summed E-state index contributed by atoms with van der Waals surface area (Å²) < 4.78 is 38.9. The molecule has 7 heteroatoms. The lowest BCUT2D eigenvalue weighted by molar-refractivity contribution is -0.137. The molecule has 118 valence electrons. The van der Waals surface area contributed by atoms with Crippen LogP contribution in [0.1, 0.15) is 42.6 Å². The van der Waals surface area contributed by atoms with E-state index in [1.54, 1.807) is 7.05 Å². The molecule has 0 aliphatic rings. The molecular formula is C14H20F3N3O. The van der Waals surface area contributed by atoms with E-state index in [-0.39, 0.29) is 17.3 Å². The maximum absolute atomic E-state index is 13.0.